The Balaban J connectivity index is 1.35. The first-order valence-corrected chi connectivity index (χ1v) is 10.9. The zero-order chi connectivity index (χ0) is 20.4. The van der Waals surface area contributed by atoms with E-state index in [0.29, 0.717) is 24.2 Å². The van der Waals surface area contributed by atoms with Gasteiger partial charge in [0.2, 0.25) is 5.91 Å². The van der Waals surface area contributed by atoms with Crippen LogP contribution in [0.5, 0.6) is 5.75 Å². The van der Waals surface area contributed by atoms with Crippen molar-refractivity contribution in [3.63, 3.8) is 0 Å². The summed E-state index contributed by atoms with van der Waals surface area (Å²) in [4.78, 5) is 29.7. The number of benzene rings is 1. The Kier molecular flexibility index (Phi) is 5.81. The first-order valence-electron chi connectivity index (χ1n) is 10.9. The van der Waals surface area contributed by atoms with Gasteiger partial charge < -0.3 is 19.3 Å². The molecule has 2 heterocycles. The second-order valence-corrected chi connectivity index (χ2v) is 8.73. The van der Waals surface area contributed by atoms with Crippen LogP contribution in [-0.4, -0.2) is 62.0 Å². The van der Waals surface area contributed by atoms with Crippen molar-refractivity contribution in [1.82, 2.24) is 9.80 Å². The van der Waals surface area contributed by atoms with Crippen molar-refractivity contribution in [1.29, 1.82) is 0 Å². The fourth-order valence-electron chi connectivity index (χ4n) is 5.10. The van der Waals surface area contributed by atoms with Crippen LogP contribution in [0.25, 0.3) is 0 Å². The second-order valence-electron chi connectivity index (χ2n) is 8.73. The highest BCUT2D eigenvalue weighted by atomic mass is 16.6. The van der Waals surface area contributed by atoms with E-state index in [2.05, 4.69) is 4.90 Å². The molecule has 0 radical (unpaired) electrons. The molecule has 1 aromatic carbocycles. The zero-order valence-electron chi connectivity index (χ0n) is 17.6. The molecule has 29 heavy (non-hydrogen) atoms. The molecule has 158 valence electrons. The topological polar surface area (TPSA) is 59.1 Å². The van der Waals surface area contributed by atoms with Crippen LogP contribution in [0.15, 0.2) is 18.2 Å². The van der Waals surface area contributed by atoms with Gasteiger partial charge in [-0.15, -0.1) is 0 Å². The lowest BCUT2D eigenvalue weighted by molar-refractivity contribution is -0.137. The van der Waals surface area contributed by atoms with Crippen molar-refractivity contribution in [3.05, 3.63) is 29.3 Å². The highest BCUT2D eigenvalue weighted by Crippen LogP contribution is 2.48. The average molecular weight is 401 g/mol. The van der Waals surface area contributed by atoms with E-state index in [1.54, 1.807) is 13.2 Å². The van der Waals surface area contributed by atoms with E-state index in [-0.39, 0.29) is 17.8 Å². The summed E-state index contributed by atoms with van der Waals surface area (Å²) < 4.78 is 11.1. The Morgan fingerprint density at radius 2 is 1.97 bits per heavy atom. The molecule has 3 aliphatic rings. The van der Waals surface area contributed by atoms with Crippen LogP contribution in [0.4, 0.5) is 0 Å². The molecule has 1 amide bonds. The fourth-order valence-corrected chi connectivity index (χ4v) is 5.10. The molecule has 1 aliphatic carbocycles. The van der Waals surface area contributed by atoms with E-state index in [0.717, 1.165) is 44.6 Å². The summed E-state index contributed by atoms with van der Waals surface area (Å²) in [6.45, 7) is 4.07. The number of hydrogen-bond acceptors (Lipinski definition) is 5. The predicted molar refractivity (Wildman–Crippen MR) is 110 cm³/mol. The minimum absolute atomic E-state index is 0.0213. The highest BCUT2D eigenvalue weighted by Gasteiger charge is 2.48. The molecule has 6 heteroatoms. The summed E-state index contributed by atoms with van der Waals surface area (Å²) in [7, 11) is 3.52. The monoisotopic (exact) mass is 400 g/mol. The number of likely N-dealkylation sites (N-methyl/N-ethyl adjacent to an activating group) is 1. The second kappa shape index (κ2) is 8.34. The molecule has 0 bridgehead atoms. The van der Waals surface area contributed by atoms with Crippen molar-refractivity contribution in [3.8, 4) is 5.75 Å². The third-order valence-corrected chi connectivity index (χ3v) is 6.94. The lowest BCUT2D eigenvalue weighted by Gasteiger charge is -2.37. The van der Waals surface area contributed by atoms with Crippen LogP contribution in [0, 0.1) is 5.92 Å². The van der Waals surface area contributed by atoms with Crippen molar-refractivity contribution < 1.29 is 19.1 Å². The maximum absolute atomic E-state index is 13.0. The molecule has 0 N–H and O–H groups in total. The Labute approximate surface area is 173 Å². The number of hydrogen-bond donors (Lipinski definition) is 0. The highest BCUT2D eigenvalue weighted by molar-refractivity contribution is 5.95. The number of amides is 1. The van der Waals surface area contributed by atoms with Crippen LogP contribution in [0.3, 0.4) is 0 Å². The van der Waals surface area contributed by atoms with Gasteiger partial charge in [-0.05, 0) is 63.7 Å². The minimum atomic E-state index is -0.568. The van der Waals surface area contributed by atoms with Crippen LogP contribution in [0.1, 0.15) is 60.9 Å². The summed E-state index contributed by atoms with van der Waals surface area (Å²) in [5, 5.41) is 0. The summed E-state index contributed by atoms with van der Waals surface area (Å²) in [6, 6.07) is 5.60. The smallest absolute Gasteiger partial charge is 0.339 e. The maximum atomic E-state index is 13.0. The Morgan fingerprint density at radius 1 is 1.24 bits per heavy atom. The van der Waals surface area contributed by atoms with E-state index in [9.17, 15) is 9.59 Å². The molecule has 1 saturated heterocycles. The average Bonchev–Trinajstić information content (AvgIpc) is 3.03. The molecular formula is C23H32N2O4. The standard InChI is InChI=1S/C23H32N2O4/c1-24(14-15-25-12-4-3-5-13-25)21(26)17-8-10-23(11-9-17)20-7-6-18(28-2)16-19(20)22(27)29-23/h6-7,16-17H,3-5,8-15H2,1-2H3. The predicted octanol–water partition coefficient (Wildman–Crippen LogP) is 3.20. The number of carbonyl (C=O) groups is 2. The minimum Gasteiger partial charge on any atom is -0.497 e. The van der Waals surface area contributed by atoms with Crippen molar-refractivity contribution in [2.24, 2.45) is 5.92 Å². The molecule has 6 nitrogen and oxygen atoms in total. The van der Waals surface area contributed by atoms with Gasteiger partial charge >= 0.3 is 5.97 Å². The van der Waals surface area contributed by atoms with Gasteiger partial charge in [-0.1, -0.05) is 12.5 Å². The molecule has 4 rings (SSSR count). The Morgan fingerprint density at radius 3 is 2.66 bits per heavy atom. The normalized spacial score (nSPS) is 26.8. The summed E-state index contributed by atoms with van der Waals surface area (Å²) in [6.07, 6.45) is 6.79. The molecule has 2 aliphatic heterocycles. The van der Waals surface area contributed by atoms with Crippen LogP contribution in [0.2, 0.25) is 0 Å². The lowest BCUT2D eigenvalue weighted by atomic mass is 9.74. The van der Waals surface area contributed by atoms with Crippen molar-refractivity contribution in [2.75, 3.05) is 40.3 Å². The van der Waals surface area contributed by atoms with Gasteiger partial charge in [-0.25, -0.2) is 4.79 Å². The number of methoxy groups -OCH3 is 1. The van der Waals surface area contributed by atoms with Gasteiger partial charge in [0.1, 0.15) is 11.4 Å². The van der Waals surface area contributed by atoms with Gasteiger partial charge in [-0.3, -0.25) is 4.79 Å². The van der Waals surface area contributed by atoms with Gasteiger partial charge in [0.25, 0.3) is 0 Å². The molecule has 1 spiro atoms. The van der Waals surface area contributed by atoms with Gasteiger partial charge in [0.05, 0.1) is 12.7 Å². The zero-order valence-corrected chi connectivity index (χ0v) is 17.6. The number of carbonyl (C=O) groups excluding carboxylic acids is 2. The molecule has 1 aromatic rings. The first-order chi connectivity index (χ1) is 14.0. The number of rotatable bonds is 5. The van der Waals surface area contributed by atoms with Crippen molar-refractivity contribution >= 4 is 11.9 Å². The summed E-state index contributed by atoms with van der Waals surface area (Å²) in [5.74, 6) is 0.642. The number of likely N-dealkylation sites (tertiary alicyclic amines) is 1. The fraction of sp³-hybridized carbons (Fsp3) is 0.652. The Bertz CT molecular complexity index is 764. The molecular weight excluding hydrogens is 368 g/mol. The van der Waals surface area contributed by atoms with Gasteiger partial charge in [-0.2, -0.15) is 0 Å². The molecule has 0 aromatic heterocycles. The van der Waals surface area contributed by atoms with Crippen LogP contribution < -0.4 is 4.74 Å². The quantitative estimate of drug-likeness (QED) is 0.711. The lowest BCUT2D eigenvalue weighted by Crippen LogP contribution is -2.43. The van der Waals surface area contributed by atoms with Crippen LogP contribution >= 0.6 is 0 Å². The molecule has 2 fully saturated rings. The SMILES string of the molecule is COc1ccc2c(c1)C(=O)OC21CCC(C(=O)N(C)CCN2CCCCC2)CC1. The summed E-state index contributed by atoms with van der Waals surface area (Å²) >= 11 is 0. The first kappa shape index (κ1) is 20.2. The van der Waals surface area contributed by atoms with Gasteiger partial charge in [0, 0.05) is 31.6 Å². The number of nitrogens with zero attached hydrogens (tertiary/aromatic N) is 2. The molecule has 0 unspecified atom stereocenters. The van der Waals surface area contributed by atoms with E-state index in [1.165, 1.54) is 19.3 Å². The van der Waals surface area contributed by atoms with Crippen LogP contribution in [-0.2, 0) is 15.1 Å². The van der Waals surface area contributed by atoms with Crippen molar-refractivity contribution in [2.45, 2.75) is 50.5 Å². The number of esters is 1. The van der Waals surface area contributed by atoms with E-state index < -0.39 is 5.60 Å². The number of piperidine rings is 1. The van der Waals surface area contributed by atoms with E-state index >= 15 is 0 Å². The third kappa shape index (κ3) is 4.00. The number of ether oxygens (including phenoxy) is 2. The van der Waals surface area contributed by atoms with E-state index in [4.69, 9.17) is 9.47 Å². The Hall–Kier alpha value is -2.08. The third-order valence-electron chi connectivity index (χ3n) is 6.94. The molecule has 0 atom stereocenters. The summed E-state index contributed by atoms with van der Waals surface area (Å²) in [5.41, 5.74) is 0.988. The van der Waals surface area contributed by atoms with Gasteiger partial charge in [0.15, 0.2) is 0 Å². The molecule has 1 saturated carbocycles. The largest absolute Gasteiger partial charge is 0.497 e. The number of fused-ring (bicyclic) bond motifs is 2. The van der Waals surface area contributed by atoms with E-state index in [1.807, 2.05) is 24.1 Å². The maximum Gasteiger partial charge on any atom is 0.339 e.